The molecule has 0 aromatic carbocycles. The normalized spacial score (nSPS) is 13.5. The van der Waals surface area contributed by atoms with Crippen molar-refractivity contribution in [3.63, 3.8) is 0 Å². The molecule has 1 amide bonds. The van der Waals surface area contributed by atoms with Crippen molar-refractivity contribution in [2.45, 2.75) is 19.9 Å². The molecule has 3 heterocycles. The highest BCUT2D eigenvalue weighted by molar-refractivity contribution is 5.93. The summed E-state index contributed by atoms with van der Waals surface area (Å²) in [6, 6.07) is 2.63. The molecule has 0 aliphatic carbocycles. The van der Waals surface area contributed by atoms with Gasteiger partial charge in [0.25, 0.3) is 11.5 Å². The topological polar surface area (TPSA) is 110 Å². The van der Waals surface area contributed by atoms with Gasteiger partial charge >= 0.3 is 5.97 Å². The molecule has 9 heteroatoms. The zero-order valence-corrected chi connectivity index (χ0v) is 13.4. The number of hydrogen-bond donors (Lipinski definition) is 1. The average Bonchev–Trinajstić information content (AvgIpc) is 2.90. The summed E-state index contributed by atoms with van der Waals surface area (Å²) < 4.78 is 6.57. The van der Waals surface area contributed by atoms with Gasteiger partial charge in [-0.25, -0.2) is 9.89 Å². The lowest BCUT2D eigenvalue weighted by atomic mass is 10.0. The van der Waals surface area contributed by atoms with Gasteiger partial charge in [-0.3, -0.25) is 14.3 Å². The maximum atomic E-state index is 12.5. The Bertz CT molecular complexity index is 834. The third-order valence-electron chi connectivity index (χ3n) is 3.85. The fourth-order valence-corrected chi connectivity index (χ4v) is 2.75. The van der Waals surface area contributed by atoms with E-state index in [1.807, 2.05) is 0 Å². The predicted octanol–water partition coefficient (Wildman–Crippen LogP) is -0.121. The summed E-state index contributed by atoms with van der Waals surface area (Å²) in [6.45, 7) is 2.71. The van der Waals surface area contributed by atoms with Crippen LogP contribution in [0.1, 0.15) is 39.2 Å². The van der Waals surface area contributed by atoms with Crippen molar-refractivity contribution >= 4 is 11.9 Å². The fourth-order valence-electron chi connectivity index (χ4n) is 2.75. The van der Waals surface area contributed by atoms with Gasteiger partial charge in [-0.1, -0.05) is 0 Å². The van der Waals surface area contributed by atoms with E-state index >= 15 is 0 Å². The minimum Gasteiger partial charge on any atom is -0.461 e. The minimum atomic E-state index is -0.454. The van der Waals surface area contributed by atoms with E-state index in [1.54, 1.807) is 18.9 Å². The second-order valence-corrected chi connectivity index (χ2v) is 5.40. The quantitative estimate of drug-likeness (QED) is 0.785. The van der Waals surface area contributed by atoms with Crippen LogP contribution in [0.15, 0.2) is 16.9 Å². The van der Waals surface area contributed by atoms with E-state index in [0.717, 1.165) is 5.69 Å². The van der Waals surface area contributed by atoms with Gasteiger partial charge in [-0.05, 0) is 13.0 Å². The highest BCUT2D eigenvalue weighted by Gasteiger charge is 2.30. The standard InChI is InChI=1S/C15H17N5O4/c1-3-24-15(23)13-9-8-20(7-6-10(9)18-19(13)2)14(22)11-4-5-12(21)17-16-11/h4-5H,3,6-8H2,1-2H3,(H,17,21). The molecular weight excluding hydrogens is 314 g/mol. The molecule has 0 saturated heterocycles. The number of H-pyrrole nitrogens is 1. The summed E-state index contributed by atoms with van der Waals surface area (Å²) in [4.78, 5) is 37.3. The van der Waals surface area contributed by atoms with Crippen LogP contribution in [0.5, 0.6) is 0 Å². The van der Waals surface area contributed by atoms with E-state index in [9.17, 15) is 14.4 Å². The van der Waals surface area contributed by atoms with Crippen LogP contribution in [0.4, 0.5) is 0 Å². The first kappa shape index (κ1) is 15.9. The van der Waals surface area contributed by atoms with Crippen molar-refractivity contribution in [1.82, 2.24) is 24.9 Å². The maximum Gasteiger partial charge on any atom is 0.356 e. The molecule has 0 atom stereocenters. The lowest BCUT2D eigenvalue weighted by Gasteiger charge is -2.26. The molecule has 0 spiro atoms. The summed E-state index contributed by atoms with van der Waals surface area (Å²) in [5.41, 5.74) is 1.63. The summed E-state index contributed by atoms with van der Waals surface area (Å²) in [5, 5.41) is 10.4. The van der Waals surface area contributed by atoms with Crippen LogP contribution in [-0.2, 0) is 24.8 Å². The molecule has 1 N–H and O–H groups in total. The summed E-state index contributed by atoms with van der Waals surface area (Å²) in [6.07, 6.45) is 0.539. The number of rotatable bonds is 3. The second kappa shape index (κ2) is 6.26. The van der Waals surface area contributed by atoms with Gasteiger partial charge in [-0.15, -0.1) is 0 Å². The van der Waals surface area contributed by atoms with Gasteiger partial charge in [0, 0.05) is 31.6 Å². The first-order valence-corrected chi connectivity index (χ1v) is 7.58. The minimum absolute atomic E-state index is 0.152. The Morgan fingerprint density at radius 1 is 1.38 bits per heavy atom. The molecule has 2 aromatic rings. The van der Waals surface area contributed by atoms with Crippen molar-refractivity contribution in [2.75, 3.05) is 13.2 Å². The highest BCUT2D eigenvalue weighted by Crippen LogP contribution is 2.23. The fraction of sp³-hybridized carbons (Fsp3) is 0.400. The van der Waals surface area contributed by atoms with E-state index in [4.69, 9.17) is 4.74 Å². The van der Waals surface area contributed by atoms with Crippen LogP contribution < -0.4 is 5.56 Å². The van der Waals surface area contributed by atoms with Gasteiger partial charge in [0.1, 0.15) is 5.69 Å². The SMILES string of the molecule is CCOC(=O)c1c2c(nn1C)CCN(C(=O)c1ccc(=O)[nH]n1)C2. The Labute approximate surface area is 137 Å². The molecular formula is C15H17N5O4. The van der Waals surface area contributed by atoms with Crippen molar-refractivity contribution in [3.05, 3.63) is 45.1 Å². The van der Waals surface area contributed by atoms with Gasteiger partial charge in [-0.2, -0.15) is 10.2 Å². The zero-order valence-electron chi connectivity index (χ0n) is 13.4. The smallest absolute Gasteiger partial charge is 0.356 e. The van der Waals surface area contributed by atoms with Crippen LogP contribution in [0.2, 0.25) is 0 Å². The number of aromatic nitrogens is 4. The molecule has 126 valence electrons. The number of ether oxygens (including phenoxy) is 1. The van der Waals surface area contributed by atoms with E-state index in [2.05, 4.69) is 15.3 Å². The third-order valence-corrected chi connectivity index (χ3v) is 3.85. The Hall–Kier alpha value is -2.97. The first-order chi connectivity index (χ1) is 11.5. The molecule has 3 rings (SSSR count). The molecule has 2 aromatic heterocycles. The number of aryl methyl sites for hydroxylation is 1. The van der Waals surface area contributed by atoms with Gasteiger partial charge in [0.15, 0.2) is 5.69 Å². The number of esters is 1. The summed E-state index contributed by atoms with van der Waals surface area (Å²) >= 11 is 0. The molecule has 0 bridgehead atoms. The van der Waals surface area contributed by atoms with Crippen molar-refractivity contribution in [2.24, 2.45) is 7.05 Å². The monoisotopic (exact) mass is 331 g/mol. The van der Waals surface area contributed by atoms with Gasteiger partial charge in [0.05, 0.1) is 18.8 Å². The number of nitrogens with zero attached hydrogens (tertiary/aromatic N) is 4. The van der Waals surface area contributed by atoms with Gasteiger partial charge in [0.2, 0.25) is 0 Å². The van der Waals surface area contributed by atoms with Crippen LogP contribution >= 0.6 is 0 Å². The second-order valence-electron chi connectivity index (χ2n) is 5.40. The molecule has 0 radical (unpaired) electrons. The molecule has 1 aliphatic heterocycles. The predicted molar refractivity (Wildman–Crippen MR) is 82.5 cm³/mol. The van der Waals surface area contributed by atoms with Gasteiger partial charge < -0.3 is 9.64 Å². The molecule has 24 heavy (non-hydrogen) atoms. The number of nitrogens with one attached hydrogen (secondary N) is 1. The summed E-state index contributed by atoms with van der Waals surface area (Å²) in [5.74, 6) is -0.763. The molecule has 9 nitrogen and oxygen atoms in total. The Kier molecular flexibility index (Phi) is 4.15. The average molecular weight is 331 g/mol. The molecule has 0 fully saturated rings. The van der Waals surface area contributed by atoms with E-state index in [1.165, 1.54) is 16.8 Å². The third kappa shape index (κ3) is 2.80. The molecule has 1 aliphatic rings. The number of carbonyl (C=O) groups is 2. The van der Waals surface area contributed by atoms with Crippen molar-refractivity contribution < 1.29 is 14.3 Å². The van der Waals surface area contributed by atoms with Crippen LogP contribution in [0, 0.1) is 0 Å². The van der Waals surface area contributed by atoms with E-state index < -0.39 is 5.97 Å². The van der Waals surface area contributed by atoms with Crippen LogP contribution in [0.25, 0.3) is 0 Å². The van der Waals surface area contributed by atoms with Crippen LogP contribution in [-0.4, -0.2) is 49.9 Å². The number of fused-ring (bicyclic) bond motifs is 1. The largest absolute Gasteiger partial charge is 0.461 e. The van der Waals surface area contributed by atoms with E-state index in [-0.39, 0.29) is 30.3 Å². The Morgan fingerprint density at radius 2 is 2.17 bits per heavy atom. The Balaban J connectivity index is 1.88. The van der Waals surface area contributed by atoms with Crippen molar-refractivity contribution in [1.29, 1.82) is 0 Å². The number of hydrogen-bond acceptors (Lipinski definition) is 6. The zero-order chi connectivity index (χ0) is 17.3. The highest BCUT2D eigenvalue weighted by atomic mass is 16.5. The number of carbonyl (C=O) groups excluding carboxylic acids is 2. The molecule has 0 unspecified atom stereocenters. The maximum absolute atomic E-state index is 12.5. The lowest BCUT2D eigenvalue weighted by molar-refractivity contribution is 0.0508. The van der Waals surface area contributed by atoms with Crippen LogP contribution in [0.3, 0.4) is 0 Å². The molecule has 0 saturated carbocycles. The summed E-state index contributed by atoms with van der Waals surface area (Å²) in [7, 11) is 1.68. The lowest BCUT2D eigenvalue weighted by Crippen LogP contribution is -2.37. The van der Waals surface area contributed by atoms with Crippen molar-refractivity contribution in [3.8, 4) is 0 Å². The number of aromatic amines is 1. The van der Waals surface area contributed by atoms with E-state index in [0.29, 0.717) is 24.2 Å². The Morgan fingerprint density at radius 3 is 2.83 bits per heavy atom. The number of amides is 1. The first-order valence-electron chi connectivity index (χ1n) is 7.58.